The van der Waals surface area contributed by atoms with Crippen molar-refractivity contribution in [3.8, 4) is 0 Å². The molecule has 0 N–H and O–H groups in total. The highest BCUT2D eigenvalue weighted by Crippen LogP contribution is 2.20. The minimum absolute atomic E-state index is 0.883. The second-order valence-corrected chi connectivity index (χ2v) is 7.01. The molecule has 2 aromatic rings. The Hall–Kier alpha value is -2.40. The molecular formula is C21H27N5. The second-order valence-electron chi connectivity index (χ2n) is 7.01. The van der Waals surface area contributed by atoms with E-state index >= 15 is 0 Å². The number of hydrogen-bond acceptors (Lipinski definition) is 5. The van der Waals surface area contributed by atoms with Crippen molar-refractivity contribution in [3.63, 3.8) is 0 Å². The number of anilines is 2. The normalized spacial score (nSPS) is 18.8. The molecule has 0 unspecified atom stereocenters. The van der Waals surface area contributed by atoms with Crippen molar-refractivity contribution >= 4 is 17.8 Å². The Balaban J connectivity index is 1.29. The first-order valence-corrected chi connectivity index (χ1v) is 9.65. The third-order valence-electron chi connectivity index (χ3n) is 5.19. The monoisotopic (exact) mass is 349 g/mol. The van der Waals surface area contributed by atoms with Crippen LogP contribution in [0.1, 0.15) is 18.4 Å². The van der Waals surface area contributed by atoms with Gasteiger partial charge in [0.1, 0.15) is 5.82 Å². The molecule has 2 aliphatic heterocycles. The molecule has 4 rings (SSSR count). The fourth-order valence-electron chi connectivity index (χ4n) is 3.65. The van der Waals surface area contributed by atoms with Gasteiger partial charge < -0.3 is 9.80 Å². The van der Waals surface area contributed by atoms with Crippen molar-refractivity contribution < 1.29 is 0 Å². The van der Waals surface area contributed by atoms with E-state index in [0.29, 0.717) is 0 Å². The predicted molar refractivity (Wildman–Crippen MR) is 108 cm³/mol. The fourth-order valence-corrected chi connectivity index (χ4v) is 3.65. The highest BCUT2D eigenvalue weighted by atomic mass is 15.3. The molecule has 5 nitrogen and oxygen atoms in total. The van der Waals surface area contributed by atoms with Crippen LogP contribution in [0.3, 0.4) is 0 Å². The van der Waals surface area contributed by atoms with Gasteiger partial charge >= 0.3 is 0 Å². The second kappa shape index (κ2) is 8.32. The van der Waals surface area contributed by atoms with Crippen molar-refractivity contribution in [2.45, 2.75) is 12.8 Å². The molecule has 0 bridgehead atoms. The molecule has 26 heavy (non-hydrogen) atoms. The van der Waals surface area contributed by atoms with Gasteiger partial charge in [-0.05, 0) is 24.5 Å². The average Bonchev–Trinajstić information content (AvgIpc) is 3.24. The Labute approximate surface area is 156 Å². The third kappa shape index (κ3) is 4.22. The van der Waals surface area contributed by atoms with Gasteiger partial charge in [-0.25, -0.2) is 4.98 Å². The smallest absolute Gasteiger partial charge is 0.227 e. The molecule has 2 fully saturated rings. The Morgan fingerprint density at radius 3 is 2.38 bits per heavy atom. The zero-order valence-electron chi connectivity index (χ0n) is 15.3. The van der Waals surface area contributed by atoms with Crippen LogP contribution in [0.25, 0.3) is 6.08 Å². The molecule has 3 heterocycles. The summed E-state index contributed by atoms with van der Waals surface area (Å²) in [5, 5.41) is 0. The predicted octanol–water partition coefficient (Wildman–Crippen LogP) is 2.91. The quantitative estimate of drug-likeness (QED) is 0.829. The summed E-state index contributed by atoms with van der Waals surface area (Å²) in [4.78, 5) is 16.5. The van der Waals surface area contributed by atoms with Crippen molar-refractivity contribution in [2.75, 3.05) is 55.6 Å². The molecule has 2 aliphatic rings. The standard InChI is InChI=1S/C21H27N5/c1-2-7-19(8-3-1)9-6-12-24-15-17-26(18-16-24)21-22-11-10-20(23-21)25-13-4-5-14-25/h1-3,6-11H,4-5,12-18H2/b9-6+. The molecule has 2 saturated heterocycles. The van der Waals surface area contributed by atoms with Crippen LogP contribution in [0.15, 0.2) is 48.7 Å². The summed E-state index contributed by atoms with van der Waals surface area (Å²) in [7, 11) is 0. The van der Waals surface area contributed by atoms with E-state index in [1.54, 1.807) is 0 Å². The van der Waals surface area contributed by atoms with E-state index in [1.807, 2.05) is 12.3 Å². The molecule has 1 aromatic carbocycles. The van der Waals surface area contributed by atoms with Gasteiger partial charge in [-0.15, -0.1) is 0 Å². The van der Waals surface area contributed by atoms with Gasteiger partial charge in [-0.1, -0.05) is 42.5 Å². The summed E-state index contributed by atoms with van der Waals surface area (Å²) in [6, 6.07) is 12.5. The lowest BCUT2D eigenvalue weighted by Gasteiger charge is -2.34. The topological polar surface area (TPSA) is 35.5 Å². The molecule has 136 valence electrons. The van der Waals surface area contributed by atoms with Gasteiger partial charge in [0.15, 0.2) is 0 Å². The maximum atomic E-state index is 4.81. The first-order chi connectivity index (χ1) is 12.9. The number of piperazine rings is 1. The van der Waals surface area contributed by atoms with Crippen LogP contribution in [-0.2, 0) is 0 Å². The summed E-state index contributed by atoms with van der Waals surface area (Å²) in [5.41, 5.74) is 1.26. The number of aromatic nitrogens is 2. The highest BCUT2D eigenvalue weighted by Gasteiger charge is 2.20. The van der Waals surface area contributed by atoms with E-state index in [1.165, 1.54) is 18.4 Å². The van der Waals surface area contributed by atoms with E-state index in [0.717, 1.165) is 57.6 Å². The summed E-state index contributed by atoms with van der Waals surface area (Å²) in [6.45, 7) is 7.32. The zero-order chi connectivity index (χ0) is 17.6. The summed E-state index contributed by atoms with van der Waals surface area (Å²) in [6.07, 6.45) is 8.92. The maximum absolute atomic E-state index is 4.81. The third-order valence-corrected chi connectivity index (χ3v) is 5.19. The van der Waals surface area contributed by atoms with Gasteiger partial charge in [0.2, 0.25) is 5.95 Å². The van der Waals surface area contributed by atoms with E-state index in [4.69, 9.17) is 4.98 Å². The largest absolute Gasteiger partial charge is 0.356 e. The van der Waals surface area contributed by atoms with Crippen LogP contribution in [0.5, 0.6) is 0 Å². The van der Waals surface area contributed by atoms with Crippen LogP contribution in [0.4, 0.5) is 11.8 Å². The van der Waals surface area contributed by atoms with Crippen molar-refractivity contribution in [3.05, 3.63) is 54.2 Å². The van der Waals surface area contributed by atoms with Crippen molar-refractivity contribution in [1.29, 1.82) is 0 Å². The van der Waals surface area contributed by atoms with Crippen molar-refractivity contribution in [2.24, 2.45) is 0 Å². The van der Waals surface area contributed by atoms with Crippen LogP contribution in [0.2, 0.25) is 0 Å². The molecule has 0 saturated carbocycles. The summed E-state index contributed by atoms with van der Waals surface area (Å²) < 4.78 is 0. The van der Waals surface area contributed by atoms with Gasteiger partial charge in [0, 0.05) is 52.0 Å². The molecule has 0 atom stereocenters. The molecule has 0 radical (unpaired) electrons. The SMILES string of the molecule is C(=C\c1ccccc1)/CN1CCN(c2nccc(N3CCCC3)n2)CC1. The highest BCUT2D eigenvalue weighted by molar-refractivity contribution is 5.49. The van der Waals surface area contributed by atoms with Gasteiger partial charge in [0.05, 0.1) is 0 Å². The van der Waals surface area contributed by atoms with E-state index in [9.17, 15) is 0 Å². The fraction of sp³-hybridized carbons (Fsp3) is 0.429. The first kappa shape index (κ1) is 17.0. The van der Waals surface area contributed by atoms with Gasteiger partial charge in [-0.3, -0.25) is 4.90 Å². The number of hydrogen-bond donors (Lipinski definition) is 0. The van der Waals surface area contributed by atoms with E-state index in [2.05, 4.69) is 62.2 Å². The lowest BCUT2D eigenvalue weighted by Crippen LogP contribution is -2.47. The number of rotatable bonds is 5. The minimum atomic E-state index is 0.883. The van der Waals surface area contributed by atoms with Crippen LogP contribution >= 0.6 is 0 Å². The van der Waals surface area contributed by atoms with Crippen LogP contribution in [0, 0.1) is 0 Å². The number of benzene rings is 1. The zero-order valence-corrected chi connectivity index (χ0v) is 15.3. The summed E-state index contributed by atoms with van der Waals surface area (Å²) in [5.74, 6) is 1.97. The lowest BCUT2D eigenvalue weighted by atomic mass is 10.2. The molecule has 1 aromatic heterocycles. The maximum Gasteiger partial charge on any atom is 0.227 e. The molecular weight excluding hydrogens is 322 g/mol. The Bertz CT molecular complexity index is 716. The molecule has 0 spiro atoms. The van der Waals surface area contributed by atoms with Gasteiger partial charge in [-0.2, -0.15) is 4.98 Å². The summed E-state index contributed by atoms with van der Waals surface area (Å²) >= 11 is 0. The Morgan fingerprint density at radius 2 is 1.62 bits per heavy atom. The van der Waals surface area contributed by atoms with E-state index < -0.39 is 0 Å². The lowest BCUT2D eigenvalue weighted by molar-refractivity contribution is 0.283. The Morgan fingerprint density at radius 1 is 0.846 bits per heavy atom. The van der Waals surface area contributed by atoms with Crippen LogP contribution < -0.4 is 9.80 Å². The first-order valence-electron chi connectivity index (χ1n) is 9.65. The number of nitrogens with zero attached hydrogens (tertiary/aromatic N) is 5. The van der Waals surface area contributed by atoms with Crippen LogP contribution in [-0.4, -0.2) is 60.7 Å². The van der Waals surface area contributed by atoms with Crippen molar-refractivity contribution in [1.82, 2.24) is 14.9 Å². The minimum Gasteiger partial charge on any atom is -0.356 e. The van der Waals surface area contributed by atoms with E-state index in [-0.39, 0.29) is 0 Å². The molecule has 0 aliphatic carbocycles. The van der Waals surface area contributed by atoms with Gasteiger partial charge in [0.25, 0.3) is 0 Å². The molecule has 5 heteroatoms. The average molecular weight is 349 g/mol. The molecule has 0 amide bonds. The Kier molecular flexibility index (Phi) is 5.45.